The van der Waals surface area contributed by atoms with Crippen LogP contribution in [-0.4, -0.2) is 10.5 Å². The predicted molar refractivity (Wildman–Crippen MR) is 63.5 cm³/mol. The van der Waals surface area contributed by atoms with Crippen LogP contribution in [0.1, 0.15) is 6.92 Å². The van der Waals surface area contributed by atoms with Crippen molar-refractivity contribution in [2.24, 2.45) is 7.05 Å². The molecule has 0 fully saturated rings. The second-order valence-corrected chi connectivity index (χ2v) is 3.69. The van der Waals surface area contributed by atoms with Gasteiger partial charge in [0.15, 0.2) is 0 Å². The van der Waals surface area contributed by atoms with Crippen molar-refractivity contribution in [2.45, 2.75) is 6.92 Å². The first kappa shape index (κ1) is 10.4. The number of benzene rings is 1. The smallest absolute Gasteiger partial charge is 0.250 e. The number of carbonyl (C=O) groups excluding carboxylic acids is 1. The van der Waals surface area contributed by atoms with Gasteiger partial charge in [0.25, 0.3) is 5.56 Å². The number of rotatable bonds is 1. The fourth-order valence-electron chi connectivity index (χ4n) is 1.65. The Bertz CT molecular complexity index is 614. The summed E-state index contributed by atoms with van der Waals surface area (Å²) < 4.78 is 1.56. The highest BCUT2D eigenvalue weighted by Gasteiger charge is 2.01. The Morgan fingerprint density at radius 1 is 1.25 bits per heavy atom. The van der Waals surface area contributed by atoms with Gasteiger partial charge < -0.3 is 9.88 Å². The first-order chi connectivity index (χ1) is 7.58. The van der Waals surface area contributed by atoms with Gasteiger partial charge in [0.05, 0.1) is 5.52 Å². The molecule has 0 aliphatic carbocycles. The van der Waals surface area contributed by atoms with Gasteiger partial charge in [0.1, 0.15) is 0 Å². The Morgan fingerprint density at radius 3 is 2.62 bits per heavy atom. The van der Waals surface area contributed by atoms with Crippen molar-refractivity contribution in [3.05, 3.63) is 40.7 Å². The highest BCUT2D eigenvalue weighted by atomic mass is 16.1. The summed E-state index contributed by atoms with van der Waals surface area (Å²) in [6.07, 6.45) is 0. The number of hydrogen-bond acceptors (Lipinski definition) is 2. The Hall–Kier alpha value is -2.10. The first-order valence-corrected chi connectivity index (χ1v) is 4.95. The van der Waals surface area contributed by atoms with E-state index in [4.69, 9.17) is 0 Å². The number of carbonyl (C=O) groups is 1. The lowest BCUT2D eigenvalue weighted by Crippen LogP contribution is -2.15. The van der Waals surface area contributed by atoms with E-state index in [2.05, 4.69) is 5.32 Å². The van der Waals surface area contributed by atoms with Crippen LogP contribution in [0, 0.1) is 0 Å². The van der Waals surface area contributed by atoms with E-state index in [0.29, 0.717) is 5.69 Å². The molecule has 0 unspecified atom stereocenters. The zero-order chi connectivity index (χ0) is 11.7. The molecule has 0 aliphatic rings. The van der Waals surface area contributed by atoms with Crippen LogP contribution in [0.25, 0.3) is 10.9 Å². The third-order valence-corrected chi connectivity index (χ3v) is 2.45. The van der Waals surface area contributed by atoms with Crippen molar-refractivity contribution < 1.29 is 4.79 Å². The number of amides is 1. The maximum atomic E-state index is 11.4. The van der Waals surface area contributed by atoms with Gasteiger partial charge in [-0.3, -0.25) is 9.59 Å². The van der Waals surface area contributed by atoms with Crippen LogP contribution in [0.2, 0.25) is 0 Å². The fraction of sp³-hybridized carbons (Fsp3) is 0.167. The SMILES string of the molecule is CC(=O)Nc1ccc2ccc(=O)n(C)c2c1. The van der Waals surface area contributed by atoms with E-state index in [0.717, 1.165) is 10.9 Å². The van der Waals surface area contributed by atoms with E-state index < -0.39 is 0 Å². The molecule has 2 rings (SSSR count). The summed E-state index contributed by atoms with van der Waals surface area (Å²) in [5.74, 6) is -0.125. The minimum absolute atomic E-state index is 0.0625. The van der Waals surface area contributed by atoms with Crippen LogP contribution in [0.15, 0.2) is 35.1 Å². The van der Waals surface area contributed by atoms with Gasteiger partial charge in [-0.05, 0) is 23.6 Å². The van der Waals surface area contributed by atoms with Crippen LogP contribution in [0.5, 0.6) is 0 Å². The molecule has 0 atom stereocenters. The molecule has 0 saturated heterocycles. The largest absolute Gasteiger partial charge is 0.326 e. The molecular formula is C12H12N2O2. The van der Waals surface area contributed by atoms with E-state index in [-0.39, 0.29) is 11.5 Å². The Labute approximate surface area is 92.5 Å². The van der Waals surface area contributed by atoms with Gasteiger partial charge >= 0.3 is 0 Å². The molecule has 16 heavy (non-hydrogen) atoms. The van der Waals surface area contributed by atoms with Crippen LogP contribution < -0.4 is 10.9 Å². The number of anilines is 1. The topological polar surface area (TPSA) is 51.1 Å². The lowest BCUT2D eigenvalue weighted by Gasteiger charge is -2.07. The number of aryl methyl sites for hydroxylation is 1. The molecule has 0 saturated carbocycles. The van der Waals surface area contributed by atoms with Crippen LogP contribution in [-0.2, 0) is 11.8 Å². The molecule has 4 nitrogen and oxygen atoms in total. The van der Waals surface area contributed by atoms with E-state index in [1.54, 1.807) is 23.7 Å². The maximum Gasteiger partial charge on any atom is 0.250 e. The van der Waals surface area contributed by atoms with Crippen molar-refractivity contribution in [3.63, 3.8) is 0 Å². The molecule has 0 radical (unpaired) electrons. The number of pyridine rings is 1. The third kappa shape index (κ3) is 1.82. The summed E-state index contributed by atoms with van der Waals surface area (Å²) in [4.78, 5) is 22.4. The molecule has 1 aromatic carbocycles. The number of nitrogens with one attached hydrogen (secondary N) is 1. The second-order valence-electron chi connectivity index (χ2n) is 3.69. The third-order valence-electron chi connectivity index (χ3n) is 2.45. The summed E-state index contributed by atoms with van der Waals surface area (Å²) >= 11 is 0. The van der Waals surface area contributed by atoms with Crippen LogP contribution in [0.3, 0.4) is 0 Å². The summed E-state index contributed by atoms with van der Waals surface area (Å²) in [6, 6.07) is 8.78. The number of nitrogens with zero attached hydrogens (tertiary/aromatic N) is 1. The van der Waals surface area contributed by atoms with Crippen molar-refractivity contribution in [2.75, 3.05) is 5.32 Å². The molecule has 0 aliphatic heterocycles. The minimum Gasteiger partial charge on any atom is -0.326 e. The summed E-state index contributed by atoms with van der Waals surface area (Å²) in [7, 11) is 1.71. The molecule has 1 aromatic heterocycles. The predicted octanol–water partition coefficient (Wildman–Crippen LogP) is 1.50. The maximum absolute atomic E-state index is 11.4. The minimum atomic E-state index is -0.125. The normalized spacial score (nSPS) is 10.4. The Morgan fingerprint density at radius 2 is 1.94 bits per heavy atom. The van der Waals surface area contributed by atoms with Gasteiger partial charge in [-0.1, -0.05) is 6.07 Å². The highest BCUT2D eigenvalue weighted by molar-refractivity contribution is 5.92. The average Bonchev–Trinajstić information content (AvgIpc) is 2.23. The molecule has 1 N–H and O–H groups in total. The summed E-state index contributed by atoms with van der Waals surface area (Å²) in [5, 5.41) is 3.66. The number of hydrogen-bond donors (Lipinski definition) is 1. The highest BCUT2D eigenvalue weighted by Crippen LogP contribution is 2.17. The molecule has 0 spiro atoms. The standard InChI is InChI=1S/C12H12N2O2/c1-8(15)13-10-5-3-9-4-6-12(16)14(2)11(9)7-10/h3-7H,1-2H3,(H,13,15). The molecule has 82 valence electrons. The Balaban J connectivity index is 2.64. The molecule has 0 bridgehead atoms. The average molecular weight is 216 g/mol. The van der Waals surface area contributed by atoms with E-state index in [1.165, 1.54) is 13.0 Å². The van der Waals surface area contributed by atoms with Gasteiger partial charge in [-0.2, -0.15) is 0 Å². The van der Waals surface area contributed by atoms with Crippen molar-refractivity contribution in [1.82, 2.24) is 4.57 Å². The second kappa shape index (κ2) is 3.81. The number of fused-ring (bicyclic) bond motifs is 1. The van der Waals surface area contributed by atoms with E-state index >= 15 is 0 Å². The molecular weight excluding hydrogens is 204 g/mol. The lowest BCUT2D eigenvalue weighted by molar-refractivity contribution is -0.114. The van der Waals surface area contributed by atoms with Crippen molar-refractivity contribution >= 4 is 22.5 Å². The van der Waals surface area contributed by atoms with Crippen LogP contribution in [0.4, 0.5) is 5.69 Å². The van der Waals surface area contributed by atoms with E-state index in [1.807, 2.05) is 12.1 Å². The van der Waals surface area contributed by atoms with E-state index in [9.17, 15) is 9.59 Å². The molecule has 2 aromatic rings. The summed E-state index contributed by atoms with van der Waals surface area (Å²) in [5.41, 5.74) is 1.44. The fourth-order valence-corrected chi connectivity index (χ4v) is 1.65. The van der Waals surface area contributed by atoms with Crippen LogP contribution >= 0.6 is 0 Å². The van der Waals surface area contributed by atoms with Gasteiger partial charge in [-0.25, -0.2) is 0 Å². The molecule has 1 amide bonds. The van der Waals surface area contributed by atoms with Gasteiger partial charge in [0.2, 0.25) is 5.91 Å². The quantitative estimate of drug-likeness (QED) is 0.785. The zero-order valence-electron chi connectivity index (χ0n) is 9.15. The van der Waals surface area contributed by atoms with Gasteiger partial charge in [0, 0.05) is 25.7 Å². The van der Waals surface area contributed by atoms with Crippen molar-refractivity contribution in [1.29, 1.82) is 0 Å². The van der Waals surface area contributed by atoms with Gasteiger partial charge in [-0.15, -0.1) is 0 Å². The monoisotopic (exact) mass is 216 g/mol. The summed E-state index contributed by atoms with van der Waals surface area (Å²) in [6.45, 7) is 1.45. The first-order valence-electron chi connectivity index (χ1n) is 4.95. The molecule has 1 heterocycles. The zero-order valence-corrected chi connectivity index (χ0v) is 9.15. The Kier molecular flexibility index (Phi) is 2.48. The number of aromatic nitrogens is 1. The molecule has 4 heteroatoms. The van der Waals surface area contributed by atoms with Crippen molar-refractivity contribution in [3.8, 4) is 0 Å². The lowest BCUT2D eigenvalue weighted by atomic mass is 10.2.